The van der Waals surface area contributed by atoms with Gasteiger partial charge in [0.1, 0.15) is 5.02 Å². The molecule has 0 aliphatic carbocycles. The number of Topliss-reactive ketones (excluding diaryl/α,β-unsaturated/α-hetero) is 1. The van der Waals surface area contributed by atoms with Crippen LogP contribution in [0, 0.1) is 28.9 Å². The Morgan fingerprint density at radius 1 is 1.09 bits per heavy atom. The van der Waals surface area contributed by atoms with Crippen molar-refractivity contribution in [3.63, 3.8) is 0 Å². The van der Waals surface area contributed by atoms with Gasteiger partial charge in [-0.15, -0.1) is 0 Å². The third kappa shape index (κ3) is 2.97. The Morgan fingerprint density at radius 3 is 2.47 bits per heavy atom. The van der Waals surface area contributed by atoms with E-state index in [0.717, 1.165) is 29.4 Å². The first-order valence-electron chi connectivity index (χ1n) is 10.5. The predicted molar refractivity (Wildman–Crippen MR) is 117 cm³/mol. The van der Waals surface area contributed by atoms with Gasteiger partial charge >= 0.3 is 0 Å². The van der Waals surface area contributed by atoms with E-state index in [1.165, 1.54) is 12.1 Å². The van der Waals surface area contributed by atoms with Gasteiger partial charge in [-0.2, -0.15) is 0 Å². The largest absolute Gasteiger partial charge is 0.292 e. The first-order chi connectivity index (χ1) is 15.3. The van der Waals surface area contributed by atoms with Gasteiger partial charge < -0.3 is 0 Å². The number of benzene rings is 2. The number of hydrogen-bond acceptors (Lipinski definition) is 6. The summed E-state index contributed by atoms with van der Waals surface area (Å²) in [7, 11) is 0. The van der Waals surface area contributed by atoms with E-state index in [9.17, 15) is 24.5 Å². The second-order valence-electron chi connectivity index (χ2n) is 8.58. The molecule has 4 atom stereocenters. The van der Waals surface area contributed by atoms with E-state index < -0.39 is 34.6 Å². The molecule has 0 N–H and O–H groups in total. The summed E-state index contributed by atoms with van der Waals surface area (Å²) in [5.74, 6) is -2.52. The second-order valence-corrected chi connectivity index (χ2v) is 8.99. The van der Waals surface area contributed by atoms with Crippen molar-refractivity contribution in [2.75, 3.05) is 11.4 Å². The average Bonchev–Trinajstić information content (AvgIpc) is 3.41. The number of amides is 2. The molecule has 2 aromatic carbocycles. The first kappa shape index (κ1) is 20.8. The Balaban J connectivity index is 1.55. The van der Waals surface area contributed by atoms with Gasteiger partial charge in [0, 0.05) is 17.7 Å². The first-order valence-corrected chi connectivity index (χ1v) is 10.9. The predicted octanol–water partition coefficient (Wildman–Crippen LogP) is 3.39. The summed E-state index contributed by atoms with van der Waals surface area (Å²) in [5.41, 5.74) is 1.26. The van der Waals surface area contributed by atoms with Gasteiger partial charge in [0.2, 0.25) is 11.8 Å². The smallest absolute Gasteiger partial charge is 0.289 e. The fraction of sp³-hybridized carbons (Fsp3) is 0.348. The monoisotopic (exact) mass is 453 g/mol. The molecule has 5 rings (SSSR count). The molecule has 0 unspecified atom stereocenters. The number of rotatable bonds is 4. The number of anilines is 1. The van der Waals surface area contributed by atoms with Crippen LogP contribution >= 0.6 is 11.6 Å². The third-order valence-corrected chi connectivity index (χ3v) is 7.16. The molecule has 3 heterocycles. The van der Waals surface area contributed by atoms with Crippen LogP contribution in [0.15, 0.2) is 42.5 Å². The van der Waals surface area contributed by atoms with Crippen LogP contribution in [-0.4, -0.2) is 46.0 Å². The van der Waals surface area contributed by atoms with Gasteiger partial charge in [0.15, 0.2) is 5.78 Å². The van der Waals surface area contributed by atoms with Crippen LogP contribution in [0.25, 0.3) is 0 Å². The van der Waals surface area contributed by atoms with E-state index in [1.54, 1.807) is 12.1 Å². The lowest BCUT2D eigenvalue weighted by atomic mass is 9.85. The summed E-state index contributed by atoms with van der Waals surface area (Å²) in [4.78, 5) is 54.1. The number of nitro benzene ring substituents is 1. The standard InChI is InChI=1S/C23H20ClN3O5/c1-12-4-6-13(7-5-12)21(28)20-19-18(16-3-2-10-25(16)20)22(29)26(23(19)30)14-8-9-15(24)17(11-14)27(31)32/h4-9,11,16,18-20H,2-3,10H2,1H3/t16-,18-,19+,20+/m1/s1. The lowest BCUT2D eigenvalue weighted by Crippen LogP contribution is -2.46. The number of ketones is 1. The maximum absolute atomic E-state index is 13.5. The molecular weight excluding hydrogens is 434 g/mol. The highest BCUT2D eigenvalue weighted by Gasteiger charge is 2.64. The molecule has 0 bridgehead atoms. The molecule has 0 radical (unpaired) electrons. The van der Waals surface area contributed by atoms with Crippen molar-refractivity contribution in [3.8, 4) is 0 Å². The molecule has 3 aliphatic rings. The number of carbonyl (C=O) groups is 3. The van der Waals surface area contributed by atoms with Crippen molar-refractivity contribution in [3.05, 3.63) is 68.7 Å². The summed E-state index contributed by atoms with van der Waals surface area (Å²) in [6.45, 7) is 2.59. The molecule has 164 valence electrons. The van der Waals surface area contributed by atoms with Crippen LogP contribution in [0.5, 0.6) is 0 Å². The van der Waals surface area contributed by atoms with E-state index in [1.807, 2.05) is 24.0 Å². The highest BCUT2D eigenvalue weighted by molar-refractivity contribution is 6.33. The Morgan fingerprint density at radius 2 is 1.78 bits per heavy atom. The molecule has 2 aromatic rings. The van der Waals surface area contributed by atoms with E-state index >= 15 is 0 Å². The molecule has 8 nitrogen and oxygen atoms in total. The van der Waals surface area contributed by atoms with Crippen LogP contribution in [0.4, 0.5) is 11.4 Å². The third-order valence-electron chi connectivity index (χ3n) is 6.84. The molecule has 0 aromatic heterocycles. The Labute approximate surface area is 188 Å². The van der Waals surface area contributed by atoms with Gasteiger partial charge in [-0.25, -0.2) is 4.90 Å². The number of aryl methyl sites for hydroxylation is 1. The van der Waals surface area contributed by atoms with Gasteiger partial charge in [-0.05, 0) is 38.4 Å². The number of carbonyl (C=O) groups excluding carboxylic acids is 3. The van der Waals surface area contributed by atoms with Crippen molar-refractivity contribution < 1.29 is 19.3 Å². The van der Waals surface area contributed by atoms with E-state index in [0.29, 0.717) is 12.1 Å². The van der Waals surface area contributed by atoms with Gasteiger partial charge in [-0.3, -0.25) is 29.4 Å². The minimum absolute atomic E-state index is 0.0765. The zero-order valence-electron chi connectivity index (χ0n) is 17.2. The zero-order chi connectivity index (χ0) is 22.7. The average molecular weight is 454 g/mol. The lowest BCUT2D eigenvalue weighted by molar-refractivity contribution is -0.384. The summed E-state index contributed by atoms with van der Waals surface area (Å²) in [5, 5.41) is 11.2. The molecule has 2 amide bonds. The number of nitrogens with zero attached hydrogens (tertiary/aromatic N) is 3. The van der Waals surface area contributed by atoms with E-state index in [-0.39, 0.29) is 28.2 Å². The number of nitro groups is 1. The Hall–Kier alpha value is -3.10. The highest BCUT2D eigenvalue weighted by Crippen LogP contribution is 2.49. The van der Waals surface area contributed by atoms with Crippen LogP contribution in [0.3, 0.4) is 0 Å². The topological polar surface area (TPSA) is 101 Å². The Bertz CT molecular complexity index is 1160. The zero-order valence-corrected chi connectivity index (χ0v) is 18.0. The number of halogens is 1. The van der Waals surface area contributed by atoms with Crippen LogP contribution < -0.4 is 4.90 Å². The summed E-state index contributed by atoms with van der Waals surface area (Å²) >= 11 is 5.90. The van der Waals surface area contributed by atoms with Gasteiger partial charge in [-0.1, -0.05) is 41.4 Å². The SMILES string of the molecule is Cc1ccc(C(=O)[C@@H]2[C@H]3C(=O)N(c4ccc(Cl)c([N+](=O)[O-])c4)C(=O)[C@@H]3[C@H]3CCCN32)cc1. The highest BCUT2D eigenvalue weighted by atomic mass is 35.5. The summed E-state index contributed by atoms with van der Waals surface area (Å²) in [6.07, 6.45) is 1.58. The van der Waals surface area contributed by atoms with Gasteiger partial charge in [0.05, 0.1) is 28.5 Å². The number of hydrogen-bond donors (Lipinski definition) is 0. The van der Waals surface area contributed by atoms with Crippen molar-refractivity contribution in [2.24, 2.45) is 11.8 Å². The van der Waals surface area contributed by atoms with Crippen molar-refractivity contribution in [1.29, 1.82) is 0 Å². The summed E-state index contributed by atoms with van der Waals surface area (Å²) in [6, 6.07) is 10.2. The molecule has 0 spiro atoms. The lowest BCUT2D eigenvalue weighted by Gasteiger charge is -2.27. The van der Waals surface area contributed by atoms with Gasteiger partial charge in [0.25, 0.3) is 5.69 Å². The molecule has 9 heteroatoms. The molecular formula is C23H20ClN3O5. The summed E-state index contributed by atoms with van der Waals surface area (Å²) < 4.78 is 0. The molecule has 3 aliphatic heterocycles. The fourth-order valence-corrected chi connectivity index (χ4v) is 5.62. The quantitative estimate of drug-likeness (QED) is 0.304. The number of fused-ring (bicyclic) bond motifs is 3. The minimum atomic E-state index is -0.809. The fourth-order valence-electron chi connectivity index (χ4n) is 5.44. The molecule has 32 heavy (non-hydrogen) atoms. The van der Waals surface area contributed by atoms with Crippen molar-refractivity contribution in [1.82, 2.24) is 4.90 Å². The molecule has 3 fully saturated rings. The molecule has 3 saturated heterocycles. The molecule has 0 saturated carbocycles. The van der Waals surface area contributed by atoms with Crippen molar-refractivity contribution >= 4 is 40.6 Å². The van der Waals surface area contributed by atoms with Crippen LogP contribution in [0.1, 0.15) is 28.8 Å². The maximum Gasteiger partial charge on any atom is 0.289 e. The van der Waals surface area contributed by atoms with E-state index in [4.69, 9.17) is 11.6 Å². The van der Waals surface area contributed by atoms with Crippen molar-refractivity contribution in [2.45, 2.75) is 31.8 Å². The maximum atomic E-state index is 13.5. The van der Waals surface area contributed by atoms with Crippen LogP contribution in [-0.2, 0) is 9.59 Å². The number of imide groups is 1. The van der Waals surface area contributed by atoms with E-state index in [2.05, 4.69) is 0 Å². The minimum Gasteiger partial charge on any atom is -0.292 e. The second kappa shape index (κ2) is 7.50. The normalized spacial score (nSPS) is 27.0. The Kier molecular flexibility index (Phi) is 4.87. The van der Waals surface area contributed by atoms with Crippen LogP contribution in [0.2, 0.25) is 5.02 Å².